The summed E-state index contributed by atoms with van der Waals surface area (Å²) in [6.07, 6.45) is 3.84. The van der Waals surface area contributed by atoms with Crippen LogP contribution in [0.4, 0.5) is 5.69 Å². The van der Waals surface area contributed by atoms with Crippen LogP contribution in [-0.2, 0) is 9.47 Å². The van der Waals surface area contributed by atoms with Gasteiger partial charge in [0.1, 0.15) is 6.07 Å². The summed E-state index contributed by atoms with van der Waals surface area (Å²) in [6, 6.07) is 4.27. The van der Waals surface area contributed by atoms with E-state index in [1.165, 1.54) is 0 Å². The fourth-order valence-electron chi connectivity index (χ4n) is 3.68. The van der Waals surface area contributed by atoms with E-state index in [9.17, 15) is 5.26 Å². The normalized spacial score (nSPS) is 32.0. The first-order chi connectivity index (χ1) is 10.5. The minimum Gasteiger partial charge on any atom is -0.378 e. The van der Waals surface area contributed by atoms with Gasteiger partial charge in [-0.05, 0) is 26.8 Å². The van der Waals surface area contributed by atoms with Crippen molar-refractivity contribution >= 4 is 5.69 Å². The maximum absolute atomic E-state index is 9.38. The van der Waals surface area contributed by atoms with Gasteiger partial charge in [0, 0.05) is 44.4 Å². The summed E-state index contributed by atoms with van der Waals surface area (Å²) >= 11 is 0. The van der Waals surface area contributed by atoms with E-state index in [-0.39, 0.29) is 17.8 Å². The number of pyridine rings is 1. The minimum absolute atomic E-state index is 0.138. The Kier molecular flexibility index (Phi) is 4.07. The Morgan fingerprint density at radius 1 is 1.41 bits per heavy atom. The Hall–Kier alpha value is -1.64. The van der Waals surface area contributed by atoms with Crippen LogP contribution >= 0.6 is 0 Å². The van der Waals surface area contributed by atoms with Gasteiger partial charge in [0.15, 0.2) is 0 Å². The summed E-state index contributed by atoms with van der Waals surface area (Å²) in [5.74, 6) is 0. The molecule has 2 aliphatic heterocycles. The molecule has 0 amide bonds. The highest BCUT2D eigenvalue weighted by molar-refractivity contribution is 5.59. The molecule has 0 aromatic carbocycles. The molecule has 22 heavy (non-hydrogen) atoms. The monoisotopic (exact) mass is 301 g/mol. The van der Waals surface area contributed by atoms with Crippen molar-refractivity contribution in [2.75, 3.05) is 24.6 Å². The van der Waals surface area contributed by atoms with Crippen LogP contribution in [-0.4, -0.2) is 42.5 Å². The van der Waals surface area contributed by atoms with Crippen LogP contribution in [0.2, 0.25) is 0 Å². The van der Waals surface area contributed by atoms with Gasteiger partial charge in [-0.1, -0.05) is 0 Å². The van der Waals surface area contributed by atoms with Crippen LogP contribution in [0, 0.1) is 18.3 Å². The molecular formula is C17H23N3O2. The summed E-state index contributed by atoms with van der Waals surface area (Å²) in [4.78, 5) is 6.53. The molecule has 2 aliphatic rings. The first-order valence-corrected chi connectivity index (χ1v) is 7.92. The van der Waals surface area contributed by atoms with Gasteiger partial charge in [-0.3, -0.25) is 4.98 Å². The average molecular weight is 301 g/mol. The summed E-state index contributed by atoms with van der Waals surface area (Å²) in [7, 11) is 0. The third-order valence-electron chi connectivity index (χ3n) is 4.51. The number of rotatable bonds is 1. The van der Waals surface area contributed by atoms with E-state index in [4.69, 9.17) is 9.47 Å². The lowest BCUT2D eigenvalue weighted by molar-refractivity contribution is -0.163. The van der Waals surface area contributed by atoms with E-state index < -0.39 is 0 Å². The van der Waals surface area contributed by atoms with Crippen molar-refractivity contribution in [3.05, 3.63) is 23.5 Å². The second kappa shape index (κ2) is 5.86. The van der Waals surface area contributed by atoms with Crippen molar-refractivity contribution in [2.45, 2.75) is 51.4 Å². The van der Waals surface area contributed by atoms with Gasteiger partial charge in [-0.2, -0.15) is 5.26 Å². The molecule has 0 aliphatic carbocycles. The highest BCUT2D eigenvalue weighted by Gasteiger charge is 2.43. The lowest BCUT2D eigenvalue weighted by Gasteiger charge is -2.49. The van der Waals surface area contributed by atoms with Crippen molar-refractivity contribution in [1.82, 2.24) is 4.98 Å². The number of hydrogen-bond acceptors (Lipinski definition) is 5. The topological polar surface area (TPSA) is 58.4 Å². The third kappa shape index (κ3) is 2.94. The van der Waals surface area contributed by atoms with Gasteiger partial charge in [0.25, 0.3) is 0 Å². The number of anilines is 1. The molecular weight excluding hydrogens is 278 g/mol. The Morgan fingerprint density at radius 3 is 2.95 bits per heavy atom. The molecule has 118 valence electrons. The van der Waals surface area contributed by atoms with Crippen molar-refractivity contribution in [2.24, 2.45) is 0 Å². The van der Waals surface area contributed by atoms with Gasteiger partial charge >= 0.3 is 0 Å². The number of aryl methyl sites for hydroxylation is 1. The molecule has 1 aromatic heterocycles. The van der Waals surface area contributed by atoms with E-state index >= 15 is 0 Å². The molecule has 3 atom stereocenters. The van der Waals surface area contributed by atoms with Gasteiger partial charge in [-0.15, -0.1) is 0 Å². The fourth-order valence-corrected chi connectivity index (χ4v) is 3.68. The van der Waals surface area contributed by atoms with Crippen molar-refractivity contribution in [1.29, 1.82) is 5.26 Å². The number of nitrogens with zero attached hydrogens (tertiary/aromatic N) is 3. The molecule has 1 aromatic rings. The molecule has 5 nitrogen and oxygen atoms in total. The Balaban J connectivity index is 1.91. The molecule has 2 saturated heterocycles. The van der Waals surface area contributed by atoms with Crippen molar-refractivity contribution < 1.29 is 9.47 Å². The predicted molar refractivity (Wildman–Crippen MR) is 83.8 cm³/mol. The molecule has 3 rings (SSSR count). The predicted octanol–water partition coefficient (Wildman–Crippen LogP) is 2.42. The average Bonchev–Trinajstić information content (AvgIpc) is 2.46. The van der Waals surface area contributed by atoms with Crippen LogP contribution in [0.5, 0.6) is 0 Å². The zero-order valence-electron chi connectivity index (χ0n) is 13.5. The third-order valence-corrected chi connectivity index (χ3v) is 4.51. The molecule has 0 unspecified atom stereocenters. The van der Waals surface area contributed by atoms with Crippen LogP contribution in [0.25, 0.3) is 0 Å². The molecule has 0 saturated carbocycles. The largest absolute Gasteiger partial charge is 0.378 e. The lowest BCUT2D eigenvalue weighted by Crippen LogP contribution is -2.58. The first kappa shape index (κ1) is 15.3. The molecule has 1 spiro atoms. The van der Waals surface area contributed by atoms with E-state index in [2.05, 4.69) is 29.8 Å². The molecule has 2 fully saturated rings. The second-order valence-electron chi connectivity index (χ2n) is 6.58. The van der Waals surface area contributed by atoms with Crippen LogP contribution < -0.4 is 4.90 Å². The Bertz CT molecular complexity index is 594. The number of aromatic nitrogens is 1. The van der Waals surface area contributed by atoms with E-state index in [0.717, 1.165) is 43.9 Å². The number of nitriles is 1. The summed E-state index contributed by atoms with van der Waals surface area (Å²) in [5, 5.41) is 9.38. The zero-order chi connectivity index (χ0) is 15.7. The van der Waals surface area contributed by atoms with Gasteiger partial charge in [-0.25, -0.2) is 0 Å². The van der Waals surface area contributed by atoms with Crippen LogP contribution in [0.1, 0.15) is 37.9 Å². The minimum atomic E-state index is -0.167. The maximum Gasteiger partial charge on any atom is 0.103 e. The van der Waals surface area contributed by atoms with Crippen LogP contribution in [0.15, 0.2) is 12.3 Å². The van der Waals surface area contributed by atoms with E-state index in [1.54, 1.807) is 6.20 Å². The first-order valence-electron chi connectivity index (χ1n) is 7.92. The number of ether oxygens (including phenoxy) is 2. The Labute approximate surface area is 131 Å². The maximum atomic E-state index is 9.38. The highest BCUT2D eigenvalue weighted by atomic mass is 16.5. The van der Waals surface area contributed by atoms with E-state index in [0.29, 0.717) is 5.56 Å². The molecule has 0 radical (unpaired) electrons. The SMILES string of the molecule is Cc1cc(N2C[C@H](C)O[C@]3(CCO[C@@H](C)C3)C2)c(C#N)cn1. The second-order valence-corrected chi connectivity index (χ2v) is 6.58. The fraction of sp³-hybridized carbons (Fsp3) is 0.647. The van der Waals surface area contributed by atoms with Crippen molar-refractivity contribution in [3.8, 4) is 6.07 Å². The molecule has 3 heterocycles. The van der Waals surface area contributed by atoms with Crippen LogP contribution in [0.3, 0.4) is 0 Å². The number of hydrogen-bond donors (Lipinski definition) is 0. The lowest BCUT2D eigenvalue weighted by atomic mass is 9.88. The molecule has 0 bridgehead atoms. The summed E-state index contributed by atoms with van der Waals surface area (Å²) < 4.78 is 12.0. The zero-order valence-corrected chi connectivity index (χ0v) is 13.5. The van der Waals surface area contributed by atoms with Gasteiger partial charge in [0.2, 0.25) is 0 Å². The quantitative estimate of drug-likeness (QED) is 0.797. The van der Waals surface area contributed by atoms with E-state index in [1.807, 2.05) is 13.0 Å². The highest BCUT2D eigenvalue weighted by Crippen LogP contribution is 2.36. The molecule has 0 N–H and O–H groups in total. The summed E-state index contributed by atoms with van der Waals surface area (Å²) in [6.45, 7) is 8.51. The Morgan fingerprint density at radius 2 is 2.23 bits per heavy atom. The molecule has 5 heteroatoms. The van der Waals surface area contributed by atoms with Gasteiger partial charge in [0.05, 0.1) is 29.1 Å². The smallest absolute Gasteiger partial charge is 0.103 e. The summed E-state index contributed by atoms with van der Waals surface area (Å²) in [5.41, 5.74) is 2.38. The van der Waals surface area contributed by atoms with Gasteiger partial charge < -0.3 is 14.4 Å². The number of morpholine rings is 1. The van der Waals surface area contributed by atoms with Crippen molar-refractivity contribution in [3.63, 3.8) is 0 Å². The standard InChI is InChI=1S/C17H23N3O2/c1-12-6-16(15(8-18)9-19-12)20-10-14(3)22-17(11-20)4-5-21-13(2)7-17/h6,9,13-14H,4-5,7,10-11H2,1-3H3/t13-,14-,17-/m0/s1.